The molecule has 2 aromatic carbocycles. The van der Waals surface area contributed by atoms with Gasteiger partial charge in [0.2, 0.25) is 0 Å². The normalized spacial score (nSPS) is 15.0. The number of nitrogens with zero attached hydrogens (tertiary/aromatic N) is 3. The van der Waals surface area contributed by atoms with Gasteiger partial charge in [-0.1, -0.05) is 0 Å². The predicted molar refractivity (Wildman–Crippen MR) is 108 cm³/mol. The standard InChI is InChI=1S/C21H21N3O6/c1-28-19-9-13-6-7-23(17-5-4-15(24(26)27)8-14(17)12-22)18(11-21(25)30-3)16(13)10-20(19)29-2/h4-5,8-10,18H,6-7,11H2,1-3H3/t18-/m0/s1. The number of fused-ring (bicyclic) bond motifs is 1. The third-order valence-electron chi connectivity index (χ3n) is 5.21. The third kappa shape index (κ3) is 3.85. The van der Waals surface area contributed by atoms with Gasteiger partial charge in [-0.05, 0) is 35.7 Å². The Labute approximate surface area is 173 Å². The number of hydrogen-bond acceptors (Lipinski definition) is 8. The lowest BCUT2D eigenvalue weighted by Crippen LogP contribution is -2.37. The van der Waals surface area contributed by atoms with Crippen molar-refractivity contribution < 1.29 is 23.9 Å². The SMILES string of the molecule is COC(=O)C[C@H]1c2cc(OC)c(OC)cc2CCN1c1ccc([N+](=O)[O-])cc1C#N. The summed E-state index contributed by atoms with van der Waals surface area (Å²) in [5, 5.41) is 20.7. The zero-order valence-electron chi connectivity index (χ0n) is 16.9. The molecule has 9 nitrogen and oxygen atoms in total. The zero-order valence-corrected chi connectivity index (χ0v) is 16.9. The summed E-state index contributed by atoms with van der Waals surface area (Å²) in [7, 11) is 4.41. The average molecular weight is 411 g/mol. The molecule has 0 radical (unpaired) electrons. The van der Waals surface area contributed by atoms with Gasteiger partial charge in [0, 0.05) is 18.7 Å². The fraction of sp³-hybridized carbons (Fsp3) is 0.333. The smallest absolute Gasteiger partial charge is 0.307 e. The first kappa shape index (κ1) is 20.9. The Morgan fingerprint density at radius 2 is 1.93 bits per heavy atom. The van der Waals surface area contributed by atoms with Crippen molar-refractivity contribution in [3.63, 3.8) is 0 Å². The van der Waals surface area contributed by atoms with Crippen molar-refractivity contribution in [2.45, 2.75) is 18.9 Å². The summed E-state index contributed by atoms with van der Waals surface area (Å²) in [6.45, 7) is 0.511. The van der Waals surface area contributed by atoms with Crippen LogP contribution in [0, 0.1) is 21.4 Å². The molecule has 1 heterocycles. The predicted octanol–water partition coefficient (Wildman–Crippen LogP) is 3.15. The van der Waals surface area contributed by atoms with E-state index in [4.69, 9.17) is 14.2 Å². The number of nitriles is 1. The molecule has 0 spiro atoms. The summed E-state index contributed by atoms with van der Waals surface area (Å²) in [5.74, 6) is 0.708. The van der Waals surface area contributed by atoms with E-state index in [1.165, 1.54) is 26.4 Å². The maximum Gasteiger partial charge on any atom is 0.307 e. The van der Waals surface area contributed by atoms with Crippen molar-refractivity contribution in [1.82, 2.24) is 0 Å². The van der Waals surface area contributed by atoms with Crippen LogP contribution in [0.2, 0.25) is 0 Å². The largest absolute Gasteiger partial charge is 0.493 e. The number of methoxy groups -OCH3 is 3. The van der Waals surface area contributed by atoms with Crippen LogP contribution in [-0.2, 0) is 16.0 Å². The Balaban J connectivity index is 2.13. The fourth-order valence-electron chi connectivity index (χ4n) is 3.76. The molecule has 0 aromatic heterocycles. The molecule has 0 saturated carbocycles. The van der Waals surface area contributed by atoms with Gasteiger partial charge in [-0.15, -0.1) is 0 Å². The summed E-state index contributed by atoms with van der Waals surface area (Å²) in [6, 6.07) is 9.46. The van der Waals surface area contributed by atoms with Crippen LogP contribution in [0.1, 0.15) is 29.2 Å². The fourth-order valence-corrected chi connectivity index (χ4v) is 3.76. The Kier molecular flexibility index (Phi) is 6.06. The van der Waals surface area contributed by atoms with E-state index in [1.807, 2.05) is 23.1 Å². The maximum atomic E-state index is 12.2. The second-order valence-electron chi connectivity index (χ2n) is 6.72. The third-order valence-corrected chi connectivity index (χ3v) is 5.21. The van der Waals surface area contributed by atoms with Crippen LogP contribution in [0.15, 0.2) is 30.3 Å². The Morgan fingerprint density at radius 1 is 1.23 bits per heavy atom. The zero-order chi connectivity index (χ0) is 21.8. The van der Waals surface area contributed by atoms with E-state index in [2.05, 4.69) is 0 Å². The van der Waals surface area contributed by atoms with Crippen molar-refractivity contribution in [2.24, 2.45) is 0 Å². The van der Waals surface area contributed by atoms with Gasteiger partial charge in [0.15, 0.2) is 11.5 Å². The Hall–Kier alpha value is -3.80. The van der Waals surface area contributed by atoms with E-state index >= 15 is 0 Å². The number of hydrogen-bond donors (Lipinski definition) is 0. The Bertz CT molecular complexity index is 1030. The average Bonchev–Trinajstić information content (AvgIpc) is 2.77. The van der Waals surface area contributed by atoms with Crippen molar-refractivity contribution in [1.29, 1.82) is 5.26 Å². The number of ether oxygens (including phenoxy) is 3. The summed E-state index contributed by atoms with van der Waals surface area (Å²) in [5.41, 5.74) is 2.38. The van der Waals surface area contributed by atoms with Gasteiger partial charge < -0.3 is 19.1 Å². The first-order valence-corrected chi connectivity index (χ1v) is 9.20. The molecule has 0 amide bonds. The van der Waals surface area contributed by atoms with E-state index in [-0.39, 0.29) is 17.7 Å². The quantitative estimate of drug-likeness (QED) is 0.404. The van der Waals surface area contributed by atoms with Crippen molar-refractivity contribution in [3.05, 3.63) is 57.1 Å². The molecule has 1 atom stereocenters. The molecular weight excluding hydrogens is 390 g/mol. The topological polar surface area (TPSA) is 115 Å². The van der Waals surface area contributed by atoms with E-state index < -0.39 is 16.9 Å². The lowest BCUT2D eigenvalue weighted by Gasteiger charge is -2.39. The van der Waals surface area contributed by atoms with E-state index in [1.54, 1.807) is 13.2 Å². The van der Waals surface area contributed by atoms with E-state index in [9.17, 15) is 20.2 Å². The van der Waals surface area contributed by atoms with Gasteiger partial charge in [-0.2, -0.15) is 5.26 Å². The van der Waals surface area contributed by atoms with Crippen LogP contribution in [0.3, 0.4) is 0 Å². The molecule has 0 saturated heterocycles. The van der Waals surface area contributed by atoms with Crippen molar-refractivity contribution >= 4 is 17.3 Å². The van der Waals surface area contributed by atoms with Crippen LogP contribution < -0.4 is 14.4 Å². The number of esters is 1. The molecule has 0 unspecified atom stereocenters. The number of anilines is 1. The minimum absolute atomic E-state index is 0.0425. The molecule has 2 aromatic rings. The molecular formula is C21H21N3O6. The van der Waals surface area contributed by atoms with E-state index in [0.29, 0.717) is 30.2 Å². The first-order valence-electron chi connectivity index (χ1n) is 9.20. The summed E-state index contributed by atoms with van der Waals surface area (Å²) in [4.78, 5) is 24.6. The number of benzene rings is 2. The highest BCUT2D eigenvalue weighted by Gasteiger charge is 2.33. The van der Waals surface area contributed by atoms with Gasteiger partial charge in [-0.3, -0.25) is 14.9 Å². The van der Waals surface area contributed by atoms with Gasteiger partial charge in [0.25, 0.3) is 5.69 Å². The molecule has 1 aliphatic rings. The minimum Gasteiger partial charge on any atom is -0.493 e. The molecule has 0 fully saturated rings. The van der Waals surface area contributed by atoms with Gasteiger partial charge >= 0.3 is 5.97 Å². The Morgan fingerprint density at radius 3 is 2.53 bits per heavy atom. The number of nitro benzene ring substituents is 1. The van der Waals surface area contributed by atoms with Crippen LogP contribution in [-0.4, -0.2) is 38.8 Å². The van der Waals surface area contributed by atoms with Crippen molar-refractivity contribution in [2.75, 3.05) is 32.8 Å². The highest BCUT2D eigenvalue weighted by Crippen LogP contribution is 2.42. The van der Waals surface area contributed by atoms with Crippen LogP contribution in [0.4, 0.5) is 11.4 Å². The second-order valence-corrected chi connectivity index (χ2v) is 6.72. The van der Waals surface area contributed by atoms with E-state index in [0.717, 1.165) is 11.1 Å². The van der Waals surface area contributed by atoms with Crippen LogP contribution in [0.25, 0.3) is 0 Å². The molecule has 3 rings (SSSR count). The summed E-state index contributed by atoms with van der Waals surface area (Å²) < 4.78 is 15.7. The molecule has 0 N–H and O–H groups in total. The lowest BCUT2D eigenvalue weighted by atomic mass is 9.89. The van der Waals surface area contributed by atoms with Crippen LogP contribution in [0.5, 0.6) is 11.5 Å². The number of carbonyl (C=O) groups excluding carboxylic acids is 1. The highest BCUT2D eigenvalue weighted by atomic mass is 16.6. The number of non-ortho nitro benzene ring substituents is 1. The minimum atomic E-state index is -0.542. The number of rotatable bonds is 6. The van der Waals surface area contributed by atoms with Gasteiger partial charge in [0.05, 0.1) is 50.0 Å². The molecule has 0 bridgehead atoms. The first-order chi connectivity index (χ1) is 14.4. The monoisotopic (exact) mass is 411 g/mol. The number of nitro groups is 1. The molecule has 1 aliphatic heterocycles. The van der Waals surface area contributed by atoms with Crippen LogP contribution >= 0.6 is 0 Å². The van der Waals surface area contributed by atoms with Gasteiger partial charge in [0.1, 0.15) is 6.07 Å². The highest BCUT2D eigenvalue weighted by molar-refractivity contribution is 5.73. The second kappa shape index (κ2) is 8.69. The van der Waals surface area contributed by atoms with Crippen molar-refractivity contribution in [3.8, 4) is 17.6 Å². The summed E-state index contributed by atoms with van der Waals surface area (Å²) in [6.07, 6.45) is 0.677. The molecule has 0 aliphatic carbocycles. The molecule has 30 heavy (non-hydrogen) atoms. The lowest BCUT2D eigenvalue weighted by molar-refractivity contribution is -0.384. The molecule has 156 valence electrons. The molecule has 9 heteroatoms. The number of carbonyl (C=O) groups is 1. The van der Waals surface area contributed by atoms with Gasteiger partial charge in [-0.25, -0.2) is 0 Å². The summed E-state index contributed by atoms with van der Waals surface area (Å²) >= 11 is 0. The maximum absolute atomic E-state index is 12.2.